The molecular formula is C19H12FN3OS. The minimum atomic E-state index is -0.647. The van der Waals surface area contributed by atoms with Crippen LogP contribution < -0.4 is 5.32 Å². The smallest absolute Gasteiger partial charge is 0.258 e. The molecule has 4 rings (SSSR count). The Hall–Kier alpha value is -3.12. The number of pyridine rings is 1. The van der Waals surface area contributed by atoms with Crippen LogP contribution in [-0.2, 0) is 0 Å². The molecule has 6 heteroatoms. The summed E-state index contributed by atoms with van der Waals surface area (Å²) in [7, 11) is 0. The maximum atomic E-state index is 13.6. The van der Waals surface area contributed by atoms with Crippen molar-refractivity contribution in [1.82, 2.24) is 9.97 Å². The maximum Gasteiger partial charge on any atom is 0.258 e. The Balaban J connectivity index is 1.56. The lowest BCUT2D eigenvalue weighted by atomic mass is 10.2. The van der Waals surface area contributed by atoms with Gasteiger partial charge in [-0.15, -0.1) is 11.3 Å². The summed E-state index contributed by atoms with van der Waals surface area (Å²) < 4.78 is 14.7. The first kappa shape index (κ1) is 15.4. The second kappa shape index (κ2) is 6.41. The van der Waals surface area contributed by atoms with Gasteiger partial charge in [0.2, 0.25) is 0 Å². The van der Waals surface area contributed by atoms with Gasteiger partial charge in [-0.25, -0.2) is 9.37 Å². The van der Waals surface area contributed by atoms with Gasteiger partial charge in [0.05, 0.1) is 22.0 Å². The van der Waals surface area contributed by atoms with Crippen LogP contribution in [0.3, 0.4) is 0 Å². The fourth-order valence-corrected chi connectivity index (χ4v) is 3.42. The number of halogens is 1. The average Bonchev–Trinajstić information content (AvgIpc) is 3.07. The molecule has 0 bridgehead atoms. The first-order valence-corrected chi connectivity index (χ1v) is 8.39. The summed E-state index contributed by atoms with van der Waals surface area (Å²) in [6.07, 6.45) is 2.40. The molecule has 0 atom stereocenters. The first-order chi connectivity index (χ1) is 12.2. The molecule has 0 radical (unpaired) electrons. The molecule has 0 saturated carbocycles. The molecule has 2 aromatic carbocycles. The van der Waals surface area contributed by atoms with E-state index in [4.69, 9.17) is 0 Å². The van der Waals surface area contributed by atoms with E-state index in [9.17, 15) is 9.18 Å². The van der Waals surface area contributed by atoms with Crippen LogP contribution in [0, 0.1) is 5.82 Å². The number of nitrogens with zero attached hydrogens (tertiary/aromatic N) is 2. The van der Waals surface area contributed by atoms with Gasteiger partial charge in [-0.05, 0) is 42.5 Å². The van der Waals surface area contributed by atoms with Crippen LogP contribution in [0.15, 0.2) is 67.0 Å². The molecule has 0 aliphatic heterocycles. The molecule has 122 valence electrons. The van der Waals surface area contributed by atoms with E-state index in [0.717, 1.165) is 27.0 Å². The van der Waals surface area contributed by atoms with Gasteiger partial charge in [0.25, 0.3) is 5.91 Å². The number of para-hydroxylation sites is 1. The number of thiazole rings is 1. The van der Waals surface area contributed by atoms with Crippen molar-refractivity contribution < 1.29 is 9.18 Å². The first-order valence-electron chi connectivity index (χ1n) is 7.57. The summed E-state index contributed by atoms with van der Waals surface area (Å²) >= 11 is 1.61. The van der Waals surface area contributed by atoms with Crippen molar-refractivity contribution >= 4 is 33.1 Å². The minimum absolute atomic E-state index is 0.0368. The van der Waals surface area contributed by atoms with Crippen molar-refractivity contribution in [3.8, 4) is 10.6 Å². The summed E-state index contributed by atoms with van der Waals surface area (Å²) in [5.41, 5.74) is 2.48. The van der Waals surface area contributed by atoms with Gasteiger partial charge in [0, 0.05) is 17.4 Å². The number of rotatable bonds is 3. The second-order valence-corrected chi connectivity index (χ2v) is 6.40. The maximum absolute atomic E-state index is 13.6. The molecule has 1 amide bonds. The predicted molar refractivity (Wildman–Crippen MR) is 97.2 cm³/mol. The molecule has 0 aliphatic rings. The standard InChI is InChI=1S/C19H12FN3OS/c20-15-11-21-10-9-14(15)18(24)22-13-7-5-12(6-8-13)19-23-16-3-1-2-4-17(16)25-19/h1-11H,(H,22,24). The Kier molecular flexibility index (Phi) is 3.95. The summed E-state index contributed by atoms with van der Waals surface area (Å²) in [5.74, 6) is -1.15. The highest BCUT2D eigenvalue weighted by Gasteiger charge is 2.12. The van der Waals surface area contributed by atoms with Crippen LogP contribution in [0.25, 0.3) is 20.8 Å². The van der Waals surface area contributed by atoms with Crippen LogP contribution in [0.2, 0.25) is 0 Å². The van der Waals surface area contributed by atoms with Crippen LogP contribution >= 0.6 is 11.3 Å². The predicted octanol–water partition coefficient (Wildman–Crippen LogP) is 4.75. The van der Waals surface area contributed by atoms with Gasteiger partial charge >= 0.3 is 0 Å². The van der Waals surface area contributed by atoms with E-state index in [-0.39, 0.29) is 5.56 Å². The summed E-state index contributed by atoms with van der Waals surface area (Å²) in [4.78, 5) is 20.4. The van der Waals surface area contributed by atoms with Gasteiger partial charge in [0.15, 0.2) is 5.82 Å². The number of hydrogen-bond donors (Lipinski definition) is 1. The van der Waals surface area contributed by atoms with E-state index >= 15 is 0 Å². The number of carbonyl (C=O) groups excluding carboxylic acids is 1. The summed E-state index contributed by atoms with van der Waals surface area (Å²) in [6, 6.07) is 16.6. The number of anilines is 1. The number of nitrogens with one attached hydrogen (secondary N) is 1. The highest BCUT2D eigenvalue weighted by atomic mass is 32.1. The number of aromatic nitrogens is 2. The molecular weight excluding hydrogens is 337 g/mol. The Morgan fingerprint density at radius 1 is 1.04 bits per heavy atom. The Labute approximate surface area is 147 Å². The largest absolute Gasteiger partial charge is 0.322 e. The van der Waals surface area contributed by atoms with Gasteiger partial charge < -0.3 is 5.32 Å². The van der Waals surface area contributed by atoms with E-state index in [2.05, 4.69) is 15.3 Å². The minimum Gasteiger partial charge on any atom is -0.322 e. The Morgan fingerprint density at radius 3 is 2.60 bits per heavy atom. The molecule has 0 unspecified atom stereocenters. The molecule has 0 fully saturated rings. The van der Waals surface area contributed by atoms with Crippen LogP contribution in [-0.4, -0.2) is 15.9 Å². The van der Waals surface area contributed by atoms with Crippen molar-refractivity contribution in [2.45, 2.75) is 0 Å². The van der Waals surface area contributed by atoms with Crippen molar-refractivity contribution in [2.24, 2.45) is 0 Å². The zero-order chi connectivity index (χ0) is 17.2. The molecule has 0 spiro atoms. The zero-order valence-electron chi connectivity index (χ0n) is 12.9. The van der Waals surface area contributed by atoms with Crippen molar-refractivity contribution in [1.29, 1.82) is 0 Å². The second-order valence-electron chi connectivity index (χ2n) is 5.37. The van der Waals surface area contributed by atoms with Crippen molar-refractivity contribution in [2.75, 3.05) is 5.32 Å². The Morgan fingerprint density at radius 2 is 1.84 bits per heavy atom. The van der Waals surface area contributed by atoms with Gasteiger partial charge in [-0.2, -0.15) is 0 Å². The van der Waals surface area contributed by atoms with Crippen LogP contribution in [0.1, 0.15) is 10.4 Å². The molecule has 25 heavy (non-hydrogen) atoms. The molecule has 4 nitrogen and oxygen atoms in total. The van der Waals surface area contributed by atoms with Crippen LogP contribution in [0.5, 0.6) is 0 Å². The lowest BCUT2D eigenvalue weighted by molar-refractivity contribution is 0.102. The average molecular weight is 349 g/mol. The fourth-order valence-electron chi connectivity index (χ4n) is 2.45. The SMILES string of the molecule is O=C(Nc1ccc(-c2nc3ccccc3s2)cc1)c1ccncc1F. The molecule has 2 aromatic heterocycles. The molecule has 0 saturated heterocycles. The zero-order valence-corrected chi connectivity index (χ0v) is 13.8. The van der Waals surface area contributed by atoms with Crippen molar-refractivity contribution in [3.05, 3.63) is 78.4 Å². The third-order valence-corrected chi connectivity index (χ3v) is 4.79. The third kappa shape index (κ3) is 3.12. The van der Waals surface area contributed by atoms with Gasteiger partial charge in [0.1, 0.15) is 5.01 Å². The van der Waals surface area contributed by atoms with Gasteiger partial charge in [-0.1, -0.05) is 12.1 Å². The molecule has 2 heterocycles. The molecule has 4 aromatic rings. The van der Waals surface area contributed by atoms with Crippen molar-refractivity contribution in [3.63, 3.8) is 0 Å². The summed E-state index contributed by atoms with van der Waals surface area (Å²) in [6.45, 7) is 0. The van der Waals surface area contributed by atoms with E-state index in [1.54, 1.807) is 23.5 Å². The highest BCUT2D eigenvalue weighted by Crippen LogP contribution is 2.30. The fraction of sp³-hybridized carbons (Fsp3) is 0. The van der Waals surface area contributed by atoms with E-state index in [1.165, 1.54) is 12.3 Å². The Bertz CT molecular complexity index is 1030. The number of amides is 1. The molecule has 1 N–H and O–H groups in total. The van der Waals surface area contributed by atoms with E-state index in [1.807, 2.05) is 36.4 Å². The van der Waals surface area contributed by atoms with E-state index < -0.39 is 11.7 Å². The lowest BCUT2D eigenvalue weighted by Gasteiger charge is -2.06. The quantitative estimate of drug-likeness (QED) is 0.581. The summed E-state index contributed by atoms with van der Waals surface area (Å²) in [5, 5.41) is 3.60. The number of benzene rings is 2. The topological polar surface area (TPSA) is 54.9 Å². The lowest BCUT2D eigenvalue weighted by Crippen LogP contribution is -2.13. The highest BCUT2D eigenvalue weighted by molar-refractivity contribution is 7.21. The van der Waals surface area contributed by atoms with Crippen LogP contribution in [0.4, 0.5) is 10.1 Å². The van der Waals surface area contributed by atoms with Gasteiger partial charge in [-0.3, -0.25) is 9.78 Å². The van der Waals surface area contributed by atoms with E-state index in [0.29, 0.717) is 5.69 Å². The monoisotopic (exact) mass is 349 g/mol. The molecule has 0 aliphatic carbocycles. The number of carbonyl (C=O) groups is 1. The number of fused-ring (bicyclic) bond motifs is 1. The normalized spacial score (nSPS) is 10.8. The number of hydrogen-bond acceptors (Lipinski definition) is 4. The third-order valence-electron chi connectivity index (χ3n) is 3.70.